The van der Waals surface area contributed by atoms with Gasteiger partial charge in [0.05, 0.1) is 19.3 Å². The summed E-state index contributed by atoms with van der Waals surface area (Å²) in [5, 5.41) is 12.8. The number of hydrogen-bond acceptors (Lipinski definition) is 4. The van der Waals surface area contributed by atoms with Crippen molar-refractivity contribution in [3.8, 4) is 0 Å². The van der Waals surface area contributed by atoms with Crippen molar-refractivity contribution in [1.29, 1.82) is 0 Å². The summed E-state index contributed by atoms with van der Waals surface area (Å²) in [4.78, 5) is 20.0. The second-order valence-electron chi connectivity index (χ2n) is 5.67. The number of rotatable bonds is 3. The molecule has 0 spiro atoms. The molecule has 0 aliphatic carbocycles. The molecule has 20 heavy (non-hydrogen) atoms. The van der Waals surface area contributed by atoms with Crippen LogP contribution in [0.1, 0.15) is 12.8 Å². The molecule has 4 heterocycles. The van der Waals surface area contributed by atoms with Gasteiger partial charge in [-0.1, -0.05) is 0 Å². The lowest BCUT2D eigenvalue weighted by molar-refractivity contribution is -0.939. The Kier molecular flexibility index (Phi) is 4.72. The Balaban J connectivity index is 0.00000147. The highest BCUT2D eigenvalue weighted by Gasteiger charge is 2.46. The summed E-state index contributed by atoms with van der Waals surface area (Å²) >= 11 is 0. The van der Waals surface area contributed by atoms with Gasteiger partial charge in [0.1, 0.15) is 12.6 Å². The monoisotopic (exact) mass is 342 g/mol. The van der Waals surface area contributed by atoms with Gasteiger partial charge in [0.25, 0.3) is 5.91 Å². The highest BCUT2D eigenvalue weighted by Crippen LogP contribution is 2.33. The third-order valence-corrected chi connectivity index (χ3v) is 4.38. The van der Waals surface area contributed by atoms with E-state index in [2.05, 4.69) is 15.3 Å². The van der Waals surface area contributed by atoms with E-state index in [9.17, 15) is 9.90 Å². The third kappa shape index (κ3) is 3.16. The van der Waals surface area contributed by atoms with E-state index in [1.165, 1.54) is 6.20 Å². The van der Waals surface area contributed by atoms with Crippen LogP contribution in [-0.2, 0) is 4.79 Å². The Labute approximate surface area is 128 Å². The van der Waals surface area contributed by atoms with Crippen LogP contribution in [0.25, 0.3) is 0 Å². The standard InChI is InChI=1S/C13H18N4O2.BrH/c18-11-8-17(5-1-10(11)2-6-17)9-13(19)16-12-7-14-3-4-15-12;/h3-4,7,10-11,18H,1-2,5-6,8-9H2;1H/t10?,11-,17?;/m0./s1. The number of hydrogen-bond donors (Lipinski definition) is 2. The molecule has 1 amide bonds. The maximum Gasteiger partial charge on any atom is 0.280 e. The fourth-order valence-electron chi connectivity index (χ4n) is 3.32. The minimum atomic E-state index is -0.244. The first kappa shape index (κ1) is 15.3. The SMILES string of the molecule is O=C(C[N+]12CCC(CC1)[C@@H](O)C2)Nc1cnccn1.[Br-]. The van der Waals surface area contributed by atoms with Gasteiger partial charge in [0, 0.05) is 31.2 Å². The highest BCUT2D eigenvalue weighted by atomic mass is 79.9. The van der Waals surface area contributed by atoms with Gasteiger partial charge < -0.3 is 31.9 Å². The fourth-order valence-corrected chi connectivity index (χ4v) is 3.32. The molecule has 1 aromatic heterocycles. The summed E-state index contributed by atoms with van der Waals surface area (Å²) in [7, 11) is 0. The number of anilines is 1. The molecule has 3 saturated heterocycles. The number of fused-ring (bicyclic) bond motifs is 3. The number of piperidine rings is 3. The second kappa shape index (κ2) is 6.15. The van der Waals surface area contributed by atoms with Gasteiger partial charge in [-0.25, -0.2) is 4.98 Å². The van der Waals surface area contributed by atoms with E-state index in [0.717, 1.165) is 25.9 Å². The molecule has 3 aliphatic heterocycles. The number of carbonyl (C=O) groups excluding carboxylic acids is 1. The summed E-state index contributed by atoms with van der Waals surface area (Å²) in [6, 6.07) is 0. The van der Waals surface area contributed by atoms with E-state index in [-0.39, 0.29) is 29.0 Å². The number of nitrogens with zero attached hydrogens (tertiary/aromatic N) is 3. The minimum absolute atomic E-state index is 0. The molecular formula is C13H19BrN4O2. The molecule has 0 unspecified atom stereocenters. The maximum atomic E-state index is 12.1. The summed E-state index contributed by atoms with van der Waals surface area (Å²) in [5.41, 5.74) is 0. The topological polar surface area (TPSA) is 75.1 Å². The Morgan fingerprint density at radius 3 is 2.75 bits per heavy atom. The van der Waals surface area contributed by atoms with Crippen LogP contribution in [0.2, 0.25) is 0 Å². The number of aromatic nitrogens is 2. The molecule has 110 valence electrons. The second-order valence-corrected chi connectivity index (χ2v) is 5.67. The molecule has 3 fully saturated rings. The zero-order valence-electron chi connectivity index (χ0n) is 11.2. The van der Waals surface area contributed by atoms with Gasteiger partial charge in [-0.05, 0) is 0 Å². The number of aliphatic hydroxyl groups is 1. The fraction of sp³-hybridized carbons (Fsp3) is 0.615. The van der Waals surface area contributed by atoms with Crippen molar-refractivity contribution < 1.29 is 31.4 Å². The summed E-state index contributed by atoms with van der Waals surface area (Å²) in [6.45, 7) is 3.12. The van der Waals surface area contributed by atoms with E-state index >= 15 is 0 Å². The van der Waals surface area contributed by atoms with Crippen LogP contribution in [0.5, 0.6) is 0 Å². The van der Waals surface area contributed by atoms with E-state index in [4.69, 9.17) is 0 Å². The molecule has 2 N–H and O–H groups in total. The van der Waals surface area contributed by atoms with Crippen molar-refractivity contribution in [2.75, 3.05) is 31.5 Å². The zero-order valence-corrected chi connectivity index (χ0v) is 12.8. The summed E-state index contributed by atoms with van der Waals surface area (Å²) in [5.74, 6) is 0.884. The highest BCUT2D eigenvalue weighted by molar-refractivity contribution is 5.90. The quantitative estimate of drug-likeness (QED) is 0.575. The molecule has 4 rings (SSSR count). The Morgan fingerprint density at radius 2 is 2.15 bits per heavy atom. The predicted octanol–water partition coefficient (Wildman–Crippen LogP) is -2.98. The first-order valence-electron chi connectivity index (χ1n) is 6.76. The van der Waals surface area contributed by atoms with E-state index in [1.807, 2.05) is 0 Å². The molecular weight excluding hydrogens is 324 g/mol. The molecule has 3 aliphatic rings. The largest absolute Gasteiger partial charge is 1.00 e. The molecule has 1 aromatic rings. The van der Waals surface area contributed by atoms with Gasteiger partial charge in [0.15, 0.2) is 12.4 Å². The number of amides is 1. The lowest BCUT2D eigenvalue weighted by Gasteiger charge is -2.50. The van der Waals surface area contributed by atoms with Crippen molar-refractivity contribution in [3.63, 3.8) is 0 Å². The van der Waals surface area contributed by atoms with Gasteiger partial charge in [-0.2, -0.15) is 0 Å². The zero-order chi connectivity index (χ0) is 13.3. The molecule has 2 bridgehead atoms. The Morgan fingerprint density at radius 1 is 1.40 bits per heavy atom. The average molecular weight is 343 g/mol. The number of aliphatic hydroxyl groups excluding tert-OH is 1. The predicted molar refractivity (Wildman–Crippen MR) is 69.1 cm³/mol. The van der Waals surface area contributed by atoms with Crippen LogP contribution in [-0.4, -0.2) is 57.7 Å². The van der Waals surface area contributed by atoms with Crippen molar-refractivity contribution in [1.82, 2.24) is 9.97 Å². The number of halogens is 1. The van der Waals surface area contributed by atoms with Crippen molar-refractivity contribution in [3.05, 3.63) is 18.6 Å². The van der Waals surface area contributed by atoms with Gasteiger partial charge in [-0.3, -0.25) is 9.78 Å². The van der Waals surface area contributed by atoms with Crippen molar-refractivity contribution in [2.24, 2.45) is 5.92 Å². The number of nitrogens with one attached hydrogen (secondary N) is 1. The summed E-state index contributed by atoms with van der Waals surface area (Å²) < 4.78 is 0.712. The van der Waals surface area contributed by atoms with Crippen molar-refractivity contribution >= 4 is 11.7 Å². The average Bonchev–Trinajstić information content (AvgIpc) is 2.40. The van der Waals surface area contributed by atoms with Crippen LogP contribution in [0.3, 0.4) is 0 Å². The molecule has 0 aromatic carbocycles. The first-order valence-corrected chi connectivity index (χ1v) is 6.76. The van der Waals surface area contributed by atoms with Crippen LogP contribution >= 0.6 is 0 Å². The van der Waals surface area contributed by atoms with Gasteiger partial charge in [-0.15, -0.1) is 0 Å². The molecule has 7 heteroatoms. The number of quaternary nitrogens is 1. The van der Waals surface area contributed by atoms with E-state index < -0.39 is 0 Å². The normalized spacial score (nSPS) is 31.4. The lowest BCUT2D eigenvalue weighted by Crippen LogP contribution is -3.00. The smallest absolute Gasteiger partial charge is 0.280 e. The lowest BCUT2D eigenvalue weighted by atomic mass is 9.83. The minimum Gasteiger partial charge on any atom is -1.00 e. The van der Waals surface area contributed by atoms with Gasteiger partial charge >= 0.3 is 0 Å². The maximum absolute atomic E-state index is 12.1. The summed E-state index contributed by atoms with van der Waals surface area (Å²) in [6.07, 6.45) is 6.47. The molecule has 1 atom stereocenters. The van der Waals surface area contributed by atoms with Gasteiger partial charge in [0.2, 0.25) is 0 Å². The third-order valence-electron chi connectivity index (χ3n) is 4.38. The van der Waals surface area contributed by atoms with Crippen LogP contribution < -0.4 is 22.3 Å². The molecule has 0 saturated carbocycles. The van der Waals surface area contributed by atoms with E-state index in [0.29, 0.717) is 29.3 Å². The first-order chi connectivity index (χ1) is 9.17. The molecule has 0 radical (unpaired) electrons. The van der Waals surface area contributed by atoms with Crippen molar-refractivity contribution in [2.45, 2.75) is 18.9 Å². The Hall–Kier alpha value is -1.05. The van der Waals surface area contributed by atoms with Crippen LogP contribution in [0.4, 0.5) is 5.82 Å². The van der Waals surface area contributed by atoms with E-state index in [1.54, 1.807) is 12.4 Å². The van der Waals surface area contributed by atoms with Crippen LogP contribution in [0.15, 0.2) is 18.6 Å². The molecule has 6 nitrogen and oxygen atoms in total. The number of carbonyl (C=O) groups is 1. The van der Waals surface area contributed by atoms with Crippen LogP contribution in [0, 0.1) is 5.92 Å². The Bertz CT molecular complexity index is 463.